The number of H-pyrrole nitrogens is 1. The molecule has 2 rings (SSSR count). The second kappa shape index (κ2) is 4.24. The molecule has 0 aliphatic heterocycles. The maximum atomic E-state index is 12.2. The number of furan rings is 1. The Kier molecular flexibility index (Phi) is 2.92. The van der Waals surface area contributed by atoms with Gasteiger partial charge in [0.2, 0.25) is 5.78 Å². The van der Waals surface area contributed by atoms with E-state index in [4.69, 9.17) is 4.42 Å². The Morgan fingerprint density at radius 3 is 2.41 bits per heavy atom. The van der Waals surface area contributed by atoms with Crippen molar-refractivity contribution in [3.8, 4) is 0 Å². The number of hydrogen-bond acceptors (Lipinski definition) is 2. The molecular formula is C14H17NO2. The molecule has 3 nitrogen and oxygen atoms in total. The van der Waals surface area contributed by atoms with Gasteiger partial charge in [-0.25, -0.2) is 0 Å². The molecular weight excluding hydrogens is 214 g/mol. The van der Waals surface area contributed by atoms with Crippen LogP contribution in [-0.4, -0.2) is 10.8 Å². The van der Waals surface area contributed by atoms with Gasteiger partial charge < -0.3 is 9.40 Å². The quantitative estimate of drug-likeness (QED) is 0.823. The molecule has 0 atom stereocenters. The van der Waals surface area contributed by atoms with Crippen molar-refractivity contribution in [2.24, 2.45) is 0 Å². The van der Waals surface area contributed by atoms with Crippen molar-refractivity contribution in [1.82, 2.24) is 4.98 Å². The lowest BCUT2D eigenvalue weighted by Gasteiger charge is -1.97. The molecule has 0 aliphatic carbocycles. The predicted octanol–water partition coefficient (Wildman–Crippen LogP) is 3.33. The highest BCUT2D eigenvalue weighted by Crippen LogP contribution is 2.20. The van der Waals surface area contributed by atoms with Gasteiger partial charge in [-0.1, -0.05) is 6.92 Å². The summed E-state index contributed by atoms with van der Waals surface area (Å²) in [6.45, 7) is 7.94. The zero-order valence-electron chi connectivity index (χ0n) is 10.7. The van der Waals surface area contributed by atoms with Crippen LogP contribution in [-0.2, 0) is 6.42 Å². The van der Waals surface area contributed by atoms with Gasteiger partial charge >= 0.3 is 0 Å². The predicted molar refractivity (Wildman–Crippen MR) is 66.5 cm³/mol. The summed E-state index contributed by atoms with van der Waals surface area (Å²) in [5.41, 5.74) is 3.81. The number of aromatic nitrogens is 1. The van der Waals surface area contributed by atoms with Crippen LogP contribution in [0, 0.1) is 20.8 Å². The minimum absolute atomic E-state index is 0.0709. The summed E-state index contributed by atoms with van der Waals surface area (Å²) >= 11 is 0. The minimum Gasteiger partial charge on any atom is -0.458 e. The number of carbonyl (C=O) groups excluding carboxylic acids is 1. The molecule has 2 aromatic heterocycles. The molecule has 0 radical (unpaired) electrons. The first kappa shape index (κ1) is 11.7. The van der Waals surface area contributed by atoms with Crippen LogP contribution in [0.1, 0.15) is 45.8 Å². The van der Waals surface area contributed by atoms with E-state index in [0.29, 0.717) is 11.5 Å². The Morgan fingerprint density at radius 2 is 1.94 bits per heavy atom. The molecule has 0 bridgehead atoms. The number of rotatable bonds is 3. The van der Waals surface area contributed by atoms with Crippen LogP contribution in [0.15, 0.2) is 16.5 Å². The molecule has 0 unspecified atom stereocenters. The number of nitrogens with one attached hydrogen (secondary N) is 1. The molecule has 0 fully saturated rings. The van der Waals surface area contributed by atoms with Crippen molar-refractivity contribution in [1.29, 1.82) is 0 Å². The Balaban J connectivity index is 2.40. The fourth-order valence-electron chi connectivity index (χ4n) is 1.88. The van der Waals surface area contributed by atoms with Crippen molar-refractivity contribution < 1.29 is 9.21 Å². The van der Waals surface area contributed by atoms with Gasteiger partial charge in [0, 0.05) is 12.1 Å². The average molecular weight is 231 g/mol. The van der Waals surface area contributed by atoms with E-state index in [1.165, 1.54) is 0 Å². The summed E-state index contributed by atoms with van der Waals surface area (Å²) < 4.78 is 5.48. The first-order chi connectivity index (χ1) is 8.04. The van der Waals surface area contributed by atoms with E-state index in [1.807, 2.05) is 33.8 Å². The van der Waals surface area contributed by atoms with E-state index < -0.39 is 0 Å². The molecule has 3 heteroatoms. The molecule has 0 aromatic carbocycles. The van der Waals surface area contributed by atoms with E-state index >= 15 is 0 Å². The molecule has 1 N–H and O–H groups in total. The molecule has 0 saturated carbocycles. The number of hydrogen-bond donors (Lipinski definition) is 1. The van der Waals surface area contributed by atoms with E-state index in [9.17, 15) is 4.79 Å². The van der Waals surface area contributed by atoms with Gasteiger partial charge in [-0.3, -0.25) is 4.79 Å². The third-order valence-electron chi connectivity index (χ3n) is 3.27. The van der Waals surface area contributed by atoms with Gasteiger partial charge in [-0.05, 0) is 44.0 Å². The zero-order valence-corrected chi connectivity index (χ0v) is 10.7. The van der Waals surface area contributed by atoms with E-state index in [2.05, 4.69) is 4.98 Å². The zero-order chi connectivity index (χ0) is 12.6. The highest BCUT2D eigenvalue weighted by atomic mass is 16.3. The SMILES string of the molecule is CCc1ccc(C(=O)c2[nH]c(C)c(C)c2C)o1. The summed E-state index contributed by atoms with van der Waals surface area (Å²) in [5, 5.41) is 0. The van der Waals surface area contributed by atoms with Gasteiger partial charge in [0.15, 0.2) is 5.76 Å². The van der Waals surface area contributed by atoms with Crippen molar-refractivity contribution in [3.05, 3.63) is 46.2 Å². The Hall–Kier alpha value is -1.77. The summed E-state index contributed by atoms with van der Waals surface area (Å²) in [7, 11) is 0. The van der Waals surface area contributed by atoms with Crippen LogP contribution in [0.4, 0.5) is 0 Å². The smallest absolute Gasteiger partial charge is 0.244 e. The molecule has 2 aromatic rings. The summed E-state index contributed by atoms with van der Waals surface area (Å²) in [6.07, 6.45) is 0.801. The second-order valence-electron chi connectivity index (χ2n) is 4.32. The van der Waals surface area contributed by atoms with Crippen molar-refractivity contribution >= 4 is 5.78 Å². The van der Waals surface area contributed by atoms with E-state index in [-0.39, 0.29) is 5.78 Å². The normalized spacial score (nSPS) is 10.8. The first-order valence-corrected chi connectivity index (χ1v) is 5.83. The summed E-state index contributed by atoms with van der Waals surface area (Å²) in [6, 6.07) is 3.59. The van der Waals surface area contributed by atoms with E-state index in [0.717, 1.165) is 29.0 Å². The number of ketones is 1. The van der Waals surface area contributed by atoms with Crippen molar-refractivity contribution in [3.63, 3.8) is 0 Å². The molecule has 17 heavy (non-hydrogen) atoms. The van der Waals surface area contributed by atoms with Crippen LogP contribution in [0.5, 0.6) is 0 Å². The molecule has 0 aliphatic rings. The van der Waals surface area contributed by atoms with Crippen molar-refractivity contribution in [2.75, 3.05) is 0 Å². The largest absolute Gasteiger partial charge is 0.458 e. The third-order valence-corrected chi connectivity index (χ3v) is 3.27. The third kappa shape index (κ3) is 1.93. The standard InChI is InChI=1S/C14H17NO2/c1-5-11-6-7-12(17-11)14(16)13-9(3)8(2)10(4)15-13/h6-7,15H,5H2,1-4H3. The number of carbonyl (C=O) groups is 1. The fraction of sp³-hybridized carbons (Fsp3) is 0.357. The number of aromatic amines is 1. The Morgan fingerprint density at radius 1 is 1.24 bits per heavy atom. The first-order valence-electron chi connectivity index (χ1n) is 5.83. The van der Waals surface area contributed by atoms with Gasteiger partial charge in [-0.2, -0.15) is 0 Å². The Labute approximate surface area is 101 Å². The summed E-state index contributed by atoms with van der Waals surface area (Å²) in [5.74, 6) is 1.18. The van der Waals surface area contributed by atoms with Crippen LogP contribution >= 0.6 is 0 Å². The van der Waals surface area contributed by atoms with Crippen molar-refractivity contribution in [2.45, 2.75) is 34.1 Å². The molecule has 2 heterocycles. The van der Waals surface area contributed by atoms with Gasteiger partial charge in [0.1, 0.15) is 5.76 Å². The highest BCUT2D eigenvalue weighted by Gasteiger charge is 2.19. The maximum Gasteiger partial charge on any atom is 0.244 e. The molecule has 0 saturated heterocycles. The van der Waals surface area contributed by atoms with Crippen LogP contribution in [0.2, 0.25) is 0 Å². The lowest BCUT2D eigenvalue weighted by Crippen LogP contribution is -2.02. The van der Waals surface area contributed by atoms with Gasteiger partial charge in [-0.15, -0.1) is 0 Å². The minimum atomic E-state index is -0.0709. The van der Waals surface area contributed by atoms with E-state index in [1.54, 1.807) is 6.07 Å². The Bertz CT molecular complexity index is 561. The average Bonchev–Trinajstić information content (AvgIpc) is 2.89. The number of aryl methyl sites for hydroxylation is 2. The van der Waals surface area contributed by atoms with Crippen LogP contribution in [0.3, 0.4) is 0 Å². The molecule has 0 amide bonds. The maximum absolute atomic E-state index is 12.2. The van der Waals surface area contributed by atoms with Gasteiger partial charge in [0.25, 0.3) is 0 Å². The molecule has 0 spiro atoms. The second-order valence-corrected chi connectivity index (χ2v) is 4.32. The van der Waals surface area contributed by atoms with Crippen LogP contribution in [0.25, 0.3) is 0 Å². The highest BCUT2D eigenvalue weighted by molar-refractivity contribution is 6.07. The topological polar surface area (TPSA) is 46.0 Å². The van der Waals surface area contributed by atoms with Crippen LogP contribution < -0.4 is 0 Å². The van der Waals surface area contributed by atoms with Gasteiger partial charge in [0.05, 0.1) is 5.69 Å². The fourth-order valence-corrected chi connectivity index (χ4v) is 1.88. The molecule has 90 valence electrons. The summed E-state index contributed by atoms with van der Waals surface area (Å²) in [4.78, 5) is 15.4. The lowest BCUT2D eigenvalue weighted by molar-refractivity contribution is 0.100. The monoisotopic (exact) mass is 231 g/mol. The lowest BCUT2D eigenvalue weighted by atomic mass is 10.1.